The largest absolute Gasteiger partial charge is 0.396 e. The highest BCUT2D eigenvalue weighted by Gasteiger charge is 2.35. The SMILES string of the molecule is CCCCCC1(CCCO)CNCCN1C. The van der Waals surface area contributed by atoms with Gasteiger partial charge in [0.25, 0.3) is 0 Å². The molecule has 0 saturated carbocycles. The highest BCUT2D eigenvalue weighted by molar-refractivity contribution is 4.94. The van der Waals surface area contributed by atoms with Crippen molar-refractivity contribution in [1.29, 1.82) is 0 Å². The van der Waals surface area contributed by atoms with Gasteiger partial charge in [0.05, 0.1) is 0 Å². The molecule has 1 unspecified atom stereocenters. The van der Waals surface area contributed by atoms with Gasteiger partial charge in [-0.25, -0.2) is 0 Å². The molecule has 0 spiro atoms. The first-order valence-electron chi connectivity index (χ1n) is 6.78. The zero-order valence-electron chi connectivity index (χ0n) is 11.0. The first-order chi connectivity index (χ1) is 7.75. The van der Waals surface area contributed by atoms with E-state index in [1.807, 2.05) is 0 Å². The molecular weight excluding hydrogens is 200 g/mol. The van der Waals surface area contributed by atoms with E-state index < -0.39 is 0 Å². The summed E-state index contributed by atoms with van der Waals surface area (Å²) in [6, 6.07) is 0. The van der Waals surface area contributed by atoms with Gasteiger partial charge in [-0.05, 0) is 26.3 Å². The Hall–Kier alpha value is -0.120. The van der Waals surface area contributed by atoms with Crippen molar-refractivity contribution in [2.45, 2.75) is 51.0 Å². The van der Waals surface area contributed by atoms with Gasteiger partial charge in [0.1, 0.15) is 0 Å². The number of nitrogens with one attached hydrogen (secondary N) is 1. The minimum absolute atomic E-state index is 0.302. The standard InChI is InChI=1S/C13H28N2O/c1-3-4-5-7-13(8-6-11-16)12-14-9-10-15(13)2/h14,16H,3-12H2,1-2H3. The van der Waals surface area contributed by atoms with Crippen LogP contribution in [-0.4, -0.2) is 48.8 Å². The highest BCUT2D eigenvalue weighted by Crippen LogP contribution is 2.28. The van der Waals surface area contributed by atoms with E-state index in [-0.39, 0.29) is 0 Å². The zero-order valence-corrected chi connectivity index (χ0v) is 11.0. The van der Waals surface area contributed by atoms with Gasteiger partial charge < -0.3 is 10.4 Å². The first kappa shape index (κ1) is 13.9. The summed E-state index contributed by atoms with van der Waals surface area (Å²) in [4.78, 5) is 2.51. The molecule has 0 aromatic rings. The number of nitrogens with zero attached hydrogens (tertiary/aromatic N) is 1. The van der Waals surface area contributed by atoms with Crippen LogP contribution in [0.25, 0.3) is 0 Å². The van der Waals surface area contributed by atoms with Crippen LogP contribution < -0.4 is 5.32 Å². The normalized spacial score (nSPS) is 27.2. The van der Waals surface area contributed by atoms with E-state index in [0.29, 0.717) is 12.1 Å². The zero-order chi connectivity index (χ0) is 11.9. The van der Waals surface area contributed by atoms with Crippen LogP contribution in [-0.2, 0) is 0 Å². The number of unbranched alkanes of at least 4 members (excludes halogenated alkanes) is 2. The summed E-state index contributed by atoms with van der Waals surface area (Å²) in [6.07, 6.45) is 7.25. The Balaban J connectivity index is 2.51. The van der Waals surface area contributed by atoms with Crippen molar-refractivity contribution in [2.24, 2.45) is 0 Å². The quantitative estimate of drug-likeness (QED) is 0.650. The molecule has 0 radical (unpaired) electrons. The second-order valence-corrected chi connectivity index (χ2v) is 5.11. The average molecular weight is 228 g/mol. The number of likely N-dealkylation sites (N-methyl/N-ethyl adjacent to an activating group) is 1. The number of rotatable bonds is 7. The molecule has 1 fully saturated rings. The number of aliphatic hydroxyl groups is 1. The van der Waals surface area contributed by atoms with Crippen LogP contribution >= 0.6 is 0 Å². The first-order valence-corrected chi connectivity index (χ1v) is 6.78. The summed E-state index contributed by atoms with van der Waals surface area (Å²) in [6.45, 7) is 5.91. The maximum absolute atomic E-state index is 9.03. The van der Waals surface area contributed by atoms with E-state index in [1.54, 1.807) is 0 Å². The molecule has 0 aromatic carbocycles. The minimum atomic E-state index is 0.302. The molecular formula is C13H28N2O. The van der Waals surface area contributed by atoms with Crippen molar-refractivity contribution in [2.75, 3.05) is 33.3 Å². The summed E-state index contributed by atoms with van der Waals surface area (Å²) in [7, 11) is 2.24. The van der Waals surface area contributed by atoms with Crippen LogP contribution in [0.1, 0.15) is 45.4 Å². The molecule has 96 valence electrons. The third kappa shape index (κ3) is 3.72. The summed E-state index contributed by atoms with van der Waals surface area (Å²) in [5, 5.41) is 12.5. The molecule has 2 N–H and O–H groups in total. The Morgan fingerprint density at radius 2 is 2.00 bits per heavy atom. The average Bonchev–Trinajstić information content (AvgIpc) is 2.30. The van der Waals surface area contributed by atoms with Gasteiger partial charge in [0.2, 0.25) is 0 Å². The molecule has 1 atom stereocenters. The van der Waals surface area contributed by atoms with E-state index in [2.05, 4.69) is 24.2 Å². The fourth-order valence-corrected chi connectivity index (χ4v) is 2.74. The van der Waals surface area contributed by atoms with E-state index in [1.165, 1.54) is 25.7 Å². The smallest absolute Gasteiger partial charge is 0.0431 e. The lowest BCUT2D eigenvalue weighted by Gasteiger charge is -2.46. The van der Waals surface area contributed by atoms with Crippen LogP contribution in [0.5, 0.6) is 0 Å². The lowest BCUT2D eigenvalue weighted by atomic mass is 9.84. The van der Waals surface area contributed by atoms with Crippen LogP contribution in [0.4, 0.5) is 0 Å². The Labute approximate surface area is 100 Å². The minimum Gasteiger partial charge on any atom is -0.396 e. The summed E-state index contributed by atoms with van der Waals surface area (Å²) >= 11 is 0. The number of piperazine rings is 1. The summed E-state index contributed by atoms with van der Waals surface area (Å²) in [5.74, 6) is 0. The van der Waals surface area contributed by atoms with Gasteiger partial charge in [0.15, 0.2) is 0 Å². The second kappa shape index (κ2) is 7.25. The third-order valence-electron chi connectivity index (χ3n) is 3.93. The molecule has 1 rings (SSSR count). The molecule has 1 saturated heterocycles. The number of aliphatic hydroxyl groups excluding tert-OH is 1. The number of hydrogen-bond acceptors (Lipinski definition) is 3. The molecule has 1 aliphatic rings. The van der Waals surface area contributed by atoms with Gasteiger partial charge in [0, 0.05) is 31.8 Å². The van der Waals surface area contributed by atoms with Crippen LogP contribution in [0, 0.1) is 0 Å². The Bertz CT molecular complexity index is 187. The molecule has 0 bridgehead atoms. The lowest BCUT2D eigenvalue weighted by molar-refractivity contribution is 0.0605. The molecule has 3 nitrogen and oxygen atoms in total. The summed E-state index contributed by atoms with van der Waals surface area (Å²) < 4.78 is 0. The Kier molecular flexibility index (Phi) is 6.32. The van der Waals surface area contributed by atoms with Gasteiger partial charge in [-0.2, -0.15) is 0 Å². The van der Waals surface area contributed by atoms with Crippen molar-refractivity contribution < 1.29 is 5.11 Å². The molecule has 3 heteroatoms. The fraction of sp³-hybridized carbons (Fsp3) is 1.00. The molecule has 16 heavy (non-hydrogen) atoms. The Morgan fingerprint density at radius 1 is 1.25 bits per heavy atom. The monoisotopic (exact) mass is 228 g/mol. The molecule has 0 aliphatic carbocycles. The van der Waals surface area contributed by atoms with Crippen LogP contribution in [0.15, 0.2) is 0 Å². The fourth-order valence-electron chi connectivity index (χ4n) is 2.74. The topological polar surface area (TPSA) is 35.5 Å². The van der Waals surface area contributed by atoms with Gasteiger partial charge in [-0.1, -0.05) is 26.2 Å². The van der Waals surface area contributed by atoms with Crippen molar-refractivity contribution in [3.63, 3.8) is 0 Å². The van der Waals surface area contributed by atoms with E-state index in [9.17, 15) is 0 Å². The molecule has 1 heterocycles. The molecule has 1 aliphatic heterocycles. The molecule has 0 amide bonds. The highest BCUT2D eigenvalue weighted by atomic mass is 16.2. The third-order valence-corrected chi connectivity index (χ3v) is 3.93. The van der Waals surface area contributed by atoms with Crippen molar-refractivity contribution >= 4 is 0 Å². The van der Waals surface area contributed by atoms with E-state index >= 15 is 0 Å². The Morgan fingerprint density at radius 3 is 2.62 bits per heavy atom. The van der Waals surface area contributed by atoms with Crippen LogP contribution in [0.2, 0.25) is 0 Å². The predicted molar refractivity (Wildman–Crippen MR) is 68.7 cm³/mol. The van der Waals surface area contributed by atoms with Gasteiger partial charge in [-0.15, -0.1) is 0 Å². The van der Waals surface area contributed by atoms with Gasteiger partial charge in [-0.3, -0.25) is 4.90 Å². The predicted octanol–water partition coefficient (Wildman–Crippen LogP) is 1.61. The van der Waals surface area contributed by atoms with Crippen LogP contribution in [0.3, 0.4) is 0 Å². The maximum Gasteiger partial charge on any atom is 0.0431 e. The molecule has 0 aromatic heterocycles. The van der Waals surface area contributed by atoms with E-state index in [0.717, 1.165) is 32.5 Å². The second-order valence-electron chi connectivity index (χ2n) is 5.11. The maximum atomic E-state index is 9.03. The number of hydrogen-bond donors (Lipinski definition) is 2. The van der Waals surface area contributed by atoms with Crippen molar-refractivity contribution in [1.82, 2.24) is 10.2 Å². The summed E-state index contributed by atoms with van der Waals surface area (Å²) in [5.41, 5.74) is 0.302. The lowest BCUT2D eigenvalue weighted by Crippen LogP contribution is -2.59. The van der Waals surface area contributed by atoms with Crippen molar-refractivity contribution in [3.8, 4) is 0 Å². The van der Waals surface area contributed by atoms with E-state index in [4.69, 9.17) is 5.11 Å². The van der Waals surface area contributed by atoms with Gasteiger partial charge >= 0.3 is 0 Å². The van der Waals surface area contributed by atoms with Crippen molar-refractivity contribution in [3.05, 3.63) is 0 Å².